The minimum absolute atomic E-state index is 0.116. The van der Waals surface area contributed by atoms with Gasteiger partial charge >= 0.3 is 0 Å². The fourth-order valence-electron chi connectivity index (χ4n) is 1.85. The maximum absolute atomic E-state index is 13.2. The maximum Gasteiger partial charge on any atom is 0.123 e. The van der Waals surface area contributed by atoms with Crippen LogP contribution in [-0.4, -0.2) is 18.8 Å². The molecule has 0 radical (unpaired) electrons. The van der Waals surface area contributed by atoms with Crippen molar-refractivity contribution in [3.63, 3.8) is 0 Å². The van der Waals surface area contributed by atoms with Crippen molar-refractivity contribution in [2.45, 2.75) is 6.04 Å². The molecule has 3 nitrogen and oxygen atoms in total. The molecule has 0 aliphatic heterocycles. The van der Waals surface area contributed by atoms with E-state index in [1.54, 1.807) is 19.2 Å². The SMILES string of the molecule is COc1ccc(NC(CO)c2cccc(F)c2)cc1. The van der Waals surface area contributed by atoms with Gasteiger partial charge in [0.25, 0.3) is 0 Å². The van der Waals surface area contributed by atoms with Gasteiger partial charge in [-0.3, -0.25) is 0 Å². The Balaban J connectivity index is 2.14. The van der Waals surface area contributed by atoms with Crippen LogP contribution in [0.25, 0.3) is 0 Å². The van der Waals surface area contributed by atoms with Crippen molar-refractivity contribution in [3.8, 4) is 5.75 Å². The molecule has 2 N–H and O–H groups in total. The summed E-state index contributed by atoms with van der Waals surface area (Å²) in [6.45, 7) is -0.116. The highest BCUT2D eigenvalue weighted by Crippen LogP contribution is 2.22. The lowest BCUT2D eigenvalue weighted by Gasteiger charge is -2.18. The van der Waals surface area contributed by atoms with Gasteiger partial charge in [-0.05, 0) is 42.0 Å². The zero-order valence-corrected chi connectivity index (χ0v) is 10.6. The third-order valence-corrected chi connectivity index (χ3v) is 2.86. The Bertz CT molecular complexity index is 528. The summed E-state index contributed by atoms with van der Waals surface area (Å²) in [6, 6.07) is 13.2. The van der Waals surface area contributed by atoms with Crippen molar-refractivity contribution in [1.82, 2.24) is 0 Å². The average Bonchev–Trinajstić information content (AvgIpc) is 2.45. The van der Waals surface area contributed by atoms with Crippen molar-refractivity contribution in [2.75, 3.05) is 19.0 Å². The van der Waals surface area contributed by atoms with Crippen LogP contribution in [0, 0.1) is 5.82 Å². The number of aliphatic hydroxyl groups excluding tert-OH is 1. The molecule has 0 saturated heterocycles. The van der Waals surface area contributed by atoms with Crippen LogP contribution in [0.5, 0.6) is 5.75 Å². The third-order valence-electron chi connectivity index (χ3n) is 2.86. The zero-order chi connectivity index (χ0) is 13.7. The van der Waals surface area contributed by atoms with E-state index in [1.807, 2.05) is 24.3 Å². The van der Waals surface area contributed by atoms with Crippen LogP contribution in [0.2, 0.25) is 0 Å². The predicted octanol–water partition coefficient (Wildman–Crippen LogP) is 2.98. The Morgan fingerprint density at radius 2 is 1.95 bits per heavy atom. The lowest BCUT2D eigenvalue weighted by molar-refractivity contribution is 0.276. The van der Waals surface area contributed by atoms with E-state index >= 15 is 0 Å². The Morgan fingerprint density at radius 3 is 2.53 bits per heavy atom. The predicted molar refractivity (Wildman–Crippen MR) is 72.8 cm³/mol. The first-order valence-electron chi connectivity index (χ1n) is 6.00. The number of anilines is 1. The van der Waals surface area contributed by atoms with Gasteiger partial charge in [-0.1, -0.05) is 12.1 Å². The molecule has 19 heavy (non-hydrogen) atoms. The van der Waals surface area contributed by atoms with Crippen LogP contribution < -0.4 is 10.1 Å². The molecule has 0 amide bonds. The van der Waals surface area contributed by atoms with Crippen molar-refractivity contribution in [2.24, 2.45) is 0 Å². The molecular formula is C15H16FNO2. The fourth-order valence-corrected chi connectivity index (χ4v) is 1.85. The summed E-state index contributed by atoms with van der Waals surface area (Å²) in [5.74, 6) is 0.448. The van der Waals surface area contributed by atoms with Crippen molar-refractivity contribution in [1.29, 1.82) is 0 Å². The molecule has 1 atom stereocenters. The van der Waals surface area contributed by atoms with E-state index in [-0.39, 0.29) is 18.5 Å². The van der Waals surface area contributed by atoms with Gasteiger partial charge in [0.05, 0.1) is 19.8 Å². The maximum atomic E-state index is 13.2. The summed E-state index contributed by atoms with van der Waals surface area (Å²) in [6.07, 6.45) is 0. The molecule has 0 saturated carbocycles. The molecular weight excluding hydrogens is 245 g/mol. The number of benzene rings is 2. The van der Waals surface area contributed by atoms with E-state index in [0.29, 0.717) is 5.56 Å². The second kappa shape index (κ2) is 6.20. The molecule has 2 aromatic rings. The van der Waals surface area contributed by atoms with Crippen LogP contribution in [-0.2, 0) is 0 Å². The van der Waals surface area contributed by atoms with Gasteiger partial charge in [-0.15, -0.1) is 0 Å². The fraction of sp³-hybridized carbons (Fsp3) is 0.200. The summed E-state index contributed by atoms with van der Waals surface area (Å²) in [7, 11) is 1.60. The van der Waals surface area contributed by atoms with Gasteiger partial charge in [-0.25, -0.2) is 4.39 Å². The summed E-state index contributed by atoms with van der Waals surface area (Å²) < 4.78 is 18.2. The standard InChI is InChI=1S/C15H16FNO2/c1-19-14-7-5-13(6-8-14)17-15(10-18)11-3-2-4-12(16)9-11/h2-9,15,17-18H,10H2,1H3. The Morgan fingerprint density at radius 1 is 1.21 bits per heavy atom. The average molecular weight is 261 g/mol. The highest BCUT2D eigenvalue weighted by molar-refractivity contribution is 5.48. The van der Waals surface area contributed by atoms with Crippen LogP contribution >= 0.6 is 0 Å². The van der Waals surface area contributed by atoms with Gasteiger partial charge in [0.15, 0.2) is 0 Å². The monoisotopic (exact) mass is 261 g/mol. The van der Waals surface area contributed by atoms with E-state index in [1.165, 1.54) is 12.1 Å². The molecule has 0 spiro atoms. The number of aliphatic hydroxyl groups is 1. The number of rotatable bonds is 5. The molecule has 4 heteroatoms. The van der Waals surface area contributed by atoms with Gasteiger partial charge < -0.3 is 15.2 Å². The topological polar surface area (TPSA) is 41.5 Å². The lowest BCUT2D eigenvalue weighted by Crippen LogP contribution is -2.14. The summed E-state index contributed by atoms with van der Waals surface area (Å²) in [4.78, 5) is 0. The second-order valence-corrected chi connectivity index (χ2v) is 4.16. The minimum atomic E-state index is -0.343. The molecule has 0 aliphatic rings. The number of halogens is 1. The Hall–Kier alpha value is -2.07. The van der Waals surface area contributed by atoms with Gasteiger partial charge in [0, 0.05) is 5.69 Å². The highest BCUT2D eigenvalue weighted by Gasteiger charge is 2.10. The van der Waals surface area contributed by atoms with E-state index in [0.717, 1.165) is 11.4 Å². The molecule has 100 valence electrons. The summed E-state index contributed by atoms with van der Waals surface area (Å²) in [5.41, 5.74) is 1.54. The number of hydrogen-bond donors (Lipinski definition) is 2. The largest absolute Gasteiger partial charge is 0.497 e. The van der Waals surface area contributed by atoms with Crippen LogP contribution in [0.15, 0.2) is 48.5 Å². The first kappa shape index (κ1) is 13.4. The van der Waals surface area contributed by atoms with Crippen LogP contribution in [0.3, 0.4) is 0 Å². The van der Waals surface area contributed by atoms with Gasteiger partial charge in [0.2, 0.25) is 0 Å². The second-order valence-electron chi connectivity index (χ2n) is 4.16. The van der Waals surface area contributed by atoms with E-state index < -0.39 is 0 Å². The number of hydrogen-bond acceptors (Lipinski definition) is 3. The number of ether oxygens (including phenoxy) is 1. The third kappa shape index (κ3) is 3.45. The normalized spacial score (nSPS) is 11.9. The molecule has 0 bridgehead atoms. The molecule has 0 aromatic heterocycles. The first-order valence-corrected chi connectivity index (χ1v) is 6.00. The number of methoxy groups -OCH3 is 1. The molecule has 2 aromatic carbocycles. The summed E-state index contributed by atoms with van der Waals surface area (Å²) >= 11 is 0. The molecule has 2 rings (SSSR count). The molecule has 0 heterocycles. The molecule has 1 unspecified atom stereocenters. The highest BCUT2D eigenvalue weighted by atomic mass is 19.1. The van der Waals surface area contributed by atoms with Gasteiger partial charge in [0.1, 0.15) is 11.6 Å². The zero-order valence-electron chi connectivity index (χ0n) is 10.6. The van der Waals surface area contributed by atoms with Crippen molar-refractivity contribution < 1.29 is 14.2 Å². The smallest absolute Gasteiger partial charge is 0.123 e. The Kier molecular flexibility index (Phi) is 4.36. The van der Waals surface area contributed by atoms with Crippen molar-refractivity contribution in [3.05, 3.63) is 59.9 Å². The van der Waals surface area contributed by atoms with Crippen LogP contribution in [0.1, 0.15) is 11.6 Å². The van der Waals surface area contributed by atoms with E-state index in [4.69, 9.17) is 4.74 Å². The van der Waals surface area contributed by atoms with Gasteiger partial charge in [-0.2, -0.15) is 0 Å². The molecule has 0 fully saturated rings. The van der Waals surface area contributed by atoms with Crippen LogP contribution in [0.4, 0.5) is 10.1 Å². The lowest BCUT2D eigenvalue weighted by atomic mass is 10.1. The Labute approximate surface area is 111 Å². The van der Waals surface area contributed by atoms with E-state index in [9.17, 15) is 9.50 Å². The summed E-state index contributed by atoms with van der Waals surface area (Å²) in [5, 5.41) is 12.6. The first-order chi connectivity index (χ1) is 9.22. The number of nitrogens with one attached hydrogen (secondary N) is 1. The van der Waals surface area contributed by atoms with E-state index in [2.05, 4.69) is 5.32 Å². The quantitative estimate of drug-likeness (QED) is 0.869. The van der Waals surface area contributed by atoms with Crippen molar-refractivity contribution >= 4 is 5.69 Å². The minimum Gasteiger partial charge on any atom is -0.497 e. The molecule has 0 aliphatic carbocycles.